The molecule has 0 aliphatic rings. The summed E-state index contributed by atoms with van der Waals surface area (Å²) in [6.45, 7) is 3.65. The lowest BCUT2D eigenvalue weighted by Gasteiger charge is -2.16. The molecule has 0 bridgehead atoms. The van der Waals surface area contributed by atoms with E-state index in [9.17, 15) is 4.39 Å². The Hall–Kier alpha value is -0.800. The van der Waals surface area contributed by atoms with Crippen LogP contribution in [0.2, 0.25) is 0 Å². The highest BCUT2D eigenvalue weighted by Gasteiger charge is 2.09. The standard InChI is InChI=1S/C18H24FN3S2.HI/c1-13(17-5-4-8-24-17)10-21-18(20-2)22-11-14-6-7-16(19)9-15(14)12-23-3;/h4-9,13H,10-12H2,1-3H3,(H2,20,21,22);1H. The minimum absolute atomic E-state index is 0. The number of hydrogen-bond donors (Lipinski definition) is 2. The van der Waals surface area contributed by atoms with Gasteiger partial charge in [0.1, 0.15) is 5.82 Å². The molecule has 0 aliphatic heterocycles. The number of guanidine groups is 1. The zero-order valence-corrected chi connectivity index (χ0v) is 18.7. The van der Waals surface area contributed by atoms with Gasteiger partial charge in [0, 0.05) is 36.7 Å². The third kappa shape index (κ3) is 7.15. The van der Waals surface area contributed by atoms with Crippen LogP contribution in [0.4, 0.5) is 4.39 Å². The van der Waals surface area contributed by atoms with Gasteiger partial charge >= 0.3 is 0 Å². The van der Waals surface area contributed by atoms with Crippen molar-refractivity contribution in [2.24, 2.45) is 4.99 Å². The second kappa shape index (κ2) is 11.7. The van der Waals surface area contributed by atoms with E-state index in [1.165, 1.54) is 10.9 Å². The van der Waals surface area contributed by atoms with Crippen molar-refractivity contribution in [2.75, 3.05) is 19.8 Å². The van der Waals surface area contributed by atoms with Gasteiger partial charge in [0.15, 0.2) is 5.96 Å². The van der Waals surface area contributed by atoms with Crippen LogP contribution in [-0.2, 0) is 12.3 Å². The molecular weight excluding hydrogens is 468 g/mol. The summed E-state index contributed by atoms with van der Waals surface area (Å²) in [5.41, 5.74) is 2.12. The average Bonchev–Trinajstić information content (AvgIpc) is 3.11. The van der Waals surface area contributed by atoms with Gasteiger partial charge in [0.2, 0.25) is 0 Å². The monoisotopic (exact) mass is 493 g/mol. The van der Waals surface area contributed by atoms with E-state index in [4.69, 9.17) is 0 Å². The molecule has 0 saturated heterocycles. The van der Waals surface area contributed by atoms with E-state index < -0.39 is 0 Å². The van der Waals surface area contributed by atoms with Crippen LogP contribution in [0.15, 0.2) is 40.7 Å². The Kier molecular flexibility index (Phi) is 10.4. The van der Waals surface area contributed by atoms with Gasteiger partial charge in [0.25, 0.3) is 0 Å². The lowest BCUT2D eigenvalue weighted by atomic mass is 10.1. The highest BCUT2D eigenvalue weighted by Crippen LogP contribution is 2.19. The molecule has 2 N–H and O–H groups in total. The third-order valence-electron chi connectivity index (χ3n) is 3.74. The smallest absolute Gasteiger partial charge is 0.191 e. The van der Waals surface area contributed by atoms with Gasteiger partial charge in [-0.05, 0) is 41.0 Å². The van der Waals surface area contributed by atoms with Crippen LogP contribution in [-0.4, -0.2) is 25.8 Å². The second-order valence-electron chi connectivity index (χ2n) is 5.57. The maximum absolute atomic E-state index is 13.4. The molecule has 1 aromatic carbocycles. The van der Waals surface area contributed by atoms with Crippen LogP contribution in [0.3, 0.4) is 0 Å². The van der Waals surface area contributed by atoms with Crippen molar-refractivity contribution in [3.8, 4) is 0 Å². The Balaban J connectivity index is 0.00000312. The zero-order chi connectivity index (χ0) is 17.4. The molecule has 1 unspecified atom stereocenters. The van der Waals surface area contributed by atoms with E-state index in [0.29, 0.717) is 12.5 Å². The fourth-order valence-corrected chi connectivity index (χ4v) is 3.75. The minimum Gasteiger partial charge on any atom is -0.356 e. The normalized spacial score (nSPS) is 12.4. The Labute approximate surface area is 174 Å². The topological polar surface area (TPSA) is 36.4 Å². The number of aliphatic imine (C=N–C) groups is 1. The highest BCUT2D eigenvalue weighted by molar-refractivity contribution is 14.0. The first-order valence-electron chi connectivity index (χ1n) is 7.88. The molecule has 0 radical (unpaired) electrons. The Bertz CT molecular complexity index is 662. The fraction of sp³-hybridized carbons (Fsp3) is 0.389. The average molecular weight is 493 g/mol. The van der Waals surface area contributed by atoms with Crippen molar-refractivity contribution in [3.05, 3.63) is 57.5 Å². The van der Waals surface area contributed by atoms with Crippen molar-refractivity contribution in [3.63, 3.8) is 0 Å². The van der Waals surface area contributed by atoms with Crippen LogP contribution in [0.5, 0.6) is 0 Å². The van der Waals surface area contributed by atoms with Crippen LogP contribution >= 0.6 is 47.1 Å². The number of benzene rings is 1. The largest absolute Gasteiger partial charge is 0.356 e. The van der Waals surface area contributed by atoms with Crippen molar-refractivity contribution < 1.29 is 4.39 Å². The maximum atomic E-state index is 13.4. The molecule has 1 heterocycles. The molecule has 3 nitrogen and oxygen atoms in total. The van der Waals surface area contributed by atoms with Crippen LogP contribution in [0, 0.1) is 5.82 Å². The van der Waals surface area contributed by atoms with E-state index in [-0.39, 0.29) is 29.8 Å². The Morgan fingerprint density at radius 1 is 1.28 bits per heavy atom. The van der Waals surface area contributed by atoms with Crippen LogP contribution in [0.1, 0.15) is 28.8 Å². The molecule has 138 valence electrons. The highest BCUT2D eigenvalue weighted by atomic mass is 127. The molecule has 0 amide bonds. The summed E-state index contributed by atoms with van der Waals surface area (Å²) in [6.07, 6.45) is 2.02. The van der Waals surface area contributed by atoms with Crippen molar-refractivity contribution in [1.82, 2.24) is 10.6 Å². The lowest BCUT2D eigenvalue weighted by molar-refractivity contribution is 0.625. The van der Waals surface area contributed by atoms with Crippen molar-refractivity contribution in [2.45, 2.75) is 25.1 Å². The SMILES string of the molecule is CN=C(NCc1ccc(F)cc1CSC)NCC(C)c1cccs1.I. The lowest BCUT2D eigenvalue weighted by Crippen LogP contribution is -2.38. The van der Waals surface area contributed by atoms with Crippen LogP contribution in [0.25, 0.3) is 0 Å². The van der Waals surface area contributed by atoms with Gasteiger partial charge in [-0.1, -0.05) is 19.1 Å². The molecule has 0 aliphatic carbocycles. The molecule has 1 atom stereocenters. The molecule has 1 aromatic heterocycles. The number of thioether (sulfide) groups is 1. The number of nitrogens with zero attached hydrogens (tertiary/aromatic N) is 1. The number of hydrogen-bond acceptors (Lipinski definition) is 3. The fourth-order valence-electron chi connectivity index (χ4n) is 2.38. The Morgan fingerprint density at radius 3 is 2.72 bits per heavy atom. The van der Waals surface area contributed by atoms with Gasteiger partial charge in [-0.3, -0.25) is 4.99 Å². The van der Waals surface area contributed by atoms with Gasteiger partial charge in [-0.25, -0.2) is 4.39 Å². The molecule has 0 fully saturated rings. The van der Waals surface area contributed by atoms with Crippen LogP contribution < -0.4 is 10.6 Å². The van der Waals surface area contributed by atoms with Gasteiger partial charge in [-0.2, -0.15) is 11.8 Å². The number of nitrogens with one attached hydrogen (secondary N) is 2. The summed E-state index contributed by atoms with van der Waals surface area (Å²) >= 11 is 3.46. The maximum Gasteiger partial charge on any atom is 0.191 e. The quantitative estimate of drug-likeness (QED) is 0.330. The molecule has 2 aromatic rings. The van der Waals surface area contributed by atoms with E-state index >= 15 is 0 Å². The number of thiophene rings is 1. The third-order valence-corrected chi connectivity index (χ3v) is 5.45. The predicted octanol–water partition coefficient (Wildman–Crippen LogP) is 4.84. The van der Waals surface area contributed by atoms with Gasteiger partial charge in [0.05, 0.1) is 0 Å². The predicted molar refractivity (Wildman–Crippen MR) is 120 cm³/mol. The van der Waals surface area contributed by atoms with Gasteiger partial charge in [-0.15, -0.1) is 35.3 Å². The Morgan fingerprint density at radius 2 is 2.08 bits per heavy atom. The summed E-state index contributed by atoms with van der Waals surface area (Å²) in [5.74, 6) is 1.81. The first-order valence-corrected chi connectivity index (χ1v) is 10.2. The molecule has 25 heavy (non-hydrogen) atoms. The summed E-state index contributed by atoms with van der Waals surface area (Å²) in [4.78, 5) is 5.63. The van der Waals surface area contributed by atoms with Crippen molar-refractivity contribution in [1.29, 1.82) is 0 Å². The molecule has 0 saturated carbocycles. The van der Waals surface area contributed by atoms with Crippen molar-refractivity contribution >= 4 is 53.0 Å². The molecule has 7 heteroatoms. The zero-order valence-electron chi connectivity index (χ0n) is 14.7. The van der Waals surface area contributed by atoms with Gasteiger partial charge < -0.3 is 10.6 Å². The molecular formula is C18H25FIN3S2. The second-order valence-corrected chi connectivity index (χ2v) is 7.41. The van der Waals surface area contributed by atoms with E-state index in [1.54, 1.807) is 36.2 Å². The van der Waals surface area contributed by atoms with E-state index in [1.807, 2.05) is 12.3 Å². The van der Waals surface area contributed by atoms with E-state index in [0.717, 1.165) is 29.4 Å². The minimum atomic E-state index is -0.185. The summed E-state index contributed by atoms with van der Waals surface area (Å²) in [5, 5.41) is 8.77. The first-order chi connectivity index (χ1) is 11.6. The molecule has 2 rings (SSSR count). The summed E-state index contributed by atoms with van der Waals surface area (Å²) < 4.78 is 13.4. The first kappa shape index (κ1) is 22.2. The van der Waals surface area contributed by atoms with E-state index in [2.05, 4.69) is 40.1 Å². The number of halogens is 2. The summed E-state index contributed by atoms with van der Waals surface area (Å²) in [7, 11) is 1.76. The summed E-state index contributed by atoms with van der Waals surface area (Å²) in [6, 6.07) is 9.19. The molecule has 0 spiro atoms. The number of rotatable bonds is 7.